The Balaban J connectivity index is 1.89. The minimum Gasteiger partial charge on any atom is -0.390 e. The van der Waals surface area contributed by atoms with Crippen LogP contribution in [0.25, 0.3) is 0 Å². The van der Waals surface area contributed by atoms with E-state index in [1.807, 2.05) is 6.92 Å². The summed E-state index contributed by atoms with van der Waals surface area (Å²) < 4.78 is 0. The molecule has 26 heavy (non-hydrogen) atoms. The van der Waals surface area contributed by atoms with Crippen LogP contribution in [-0.2, 0) is 6.61 Å². The van der Waals surface area contributed by atoms with Gasteiger partial charge in [0.15, 0.2) is 5.82 Å². The van der Waals surface area contributed by atoms with Gasteiger partial charge in [0.05, 0.1) is 17.3 Å². The standard InChI is InChI=1S/C17H23ClN6OS/c1-10-16(26-12-3-6-21-14(19)13(12)18)23-11(9-25)15(22-10)24-7-4-17(2,20)5-8-24/h3,6,25H,4-5,7-9,20H2,1-2H3,(H2,19,21). The van der Waals surface area contributed by atoms with Gasteiger partial charge in [0.1, 0.15) is 16.5 Å². The number of aliphatic hydroxyl groups is 1. The van der Waals surface area contributed by atoms with Crippen molar-refractivity contribution >= 4 is 35.0 Å². The van der Waals surface area contributed by atoms with Crippen LogP contribution in [0.2, 0.25) is 5.02 Å². The molecule has 2 aromatic heterocycles. The van der Waals surface area contributed by atoms with E-state index in [4.69, 9.17) is 28.1 Å². The van der Waals surface area contributed by atoms with E-state index in [0.717, 1.165) is 42.3 Å². The first kappa shape index (κ1) is 19.2. The van der Waals surface area contributed by atoms with Gasteiger partial charge in [-0.15, -0.1) is 0 Å². The molecular formula is C17H23ClN6OS. The van der Waals surface area contributed by atoms with Crippen molar-refractivity contribution in [3.8, 4) is 0 Å². The lowest BCUT2D eigenvalue weighted by molar-refractivity contribution is 0.274. The summed E-state index contributed by atoms with van der Waals surface area (Å²) in [6.45, 7) is 5.38. The lowest BCUT2D eigenvalue weighted by Crippen LogP contribution is -2.48. The Morgan fingerprint density at radius 1 is 1.35 bits per heavy atom. The van der Waals surface area contributed by atoms with Crippen molar-refractivity contribution in [2.24, 2.45) is 5.73 Å². The number of nitrogens with two attached hydrogens (primary N) is 2. The number of piperidine rings is 1. The van der Waals surface area contributed by atoms with Gasteiger partial charge in [0, 0.05) is 29.7 Å². The van der Waals surface area contributed by atoms with Crippen LogP contribution in [0.4, 0.5) is 11.6 Å². The second-order valence-corrected chi connectivity index (χ2v) is 8.20. The molecule has 1 aliphatic rings. The van der Waals surface area contributed by atoms with Crippen molar-refractivity contribution in [3.63, 3.8) is 0 Å². The third kappa shape index (κ3) is 4.03. The van der Waals surface area contributed by atoms with Gasteiger partial charge in [-0.25, -0.2) is 15.0 Å². The van der Waals surface area contributed by atoms with Gasteiger partial charge in [0.2, 0.25) is 0 Å². The van der Waals surface area contributed by atoms with Crippen molar-refractivity contribution in [3.05, 3.63) is 28.7 Å². The molecule has 0 aromatic carbocycles. The van der Waals surface area contributed by atoms with E-state index in [2.05, 4.69) is 21.8 Å². The zero-order chi connectivity index (χ0) is 18.9. The summed E-state index contributed by atoms with van der Waals surface area (Å²) in [5, 5.41) is 10.9. The van der Waals surface area contributed by atoms with E-state index in [1.54, 1.807) is 12.3 Å². The molecule has 0 aliphatic carbocycles. The molecule has 1 aliphatic heterocycles. The first-order valence-electron chi connectivity index (χ1n) is 8.41. The van der Waals surface area contributed by atoms with E-state index < -0.39 is 0 Å². The summed E-state index contributed by atoms with van der Waals surface area (Å²) in [4.78, 5) is 16.2. The van der Waals surface area contributed by atoms with Crippen LogP contribution >= 0.6 is 23.4 Å². The quantitative estimate of drug-likeness (QED) is 0.724. The molecule has 7 nitrogen and oxygen atoms in total. The highest BCUT2D eigenvalue weighted by atomic mass is 35.5. The molecule has 5 N–H and O–H groups in total. The number of hydrogen-bond acceptors (Lipinski definition) is 8. The largest absolute Gasteiger partial charge is 0.390 e. The molecule has 0 amide bonds. The highest BCUT2D eigenvalue weighted by molar-refractivity contribution is 7.99. The van der Waals surface area contributed by atoms with Gasteiger partial charge >= 0.3 is 0 Å². The van der Waals surface area contributed by atoms with Crippen LogP contribution in [0, 0.1) is 6.92 Å². The average Bonchev–Trinajstić information content (AvgIpc) is 2.60. The average molecular weight is 395 g/mol. The van der Waals surface area contributed by atoms with E-state index in [1.165, 1.54) is 11.8 Å². The number of nitrogens with zero attached hydrogens (tertiary/aromatic N) is 4. The zero-order valence-corrected chi connectivity index (χ0v) is 16.4. The van der Waals surface area contributed by atoms with Gasteiger partial charge in [0.25, 0.3) is 0 Å². The SMILES string of the molecule is Cc1nc(N2CCC(C)(N)CC2)c(CO)nc1Sc1ccnc(N)c1Cl. The molecule has 0 bridgehead atoms. The Morgan fingerprint density at radius 2 is 2.04 bits per heavy atom. The number of pyridine rings is 1. The minimum atomic E-state index is -0.182. The van der Waals surface area contributed by atoms with Crippen LogP contribution in [0.1, 0.15) is 31.2 Å². The minimum absolute atomic E-state index is 0.147. The maximum Gasteiger partial charge on any atom is 0.153 e. The molecule has 3 heterocycles. The Hall–Kier alpha value is -1.61. The number of hydrogen-bond donors (Lipinski definition) is 3. The number of anilines is 2. The monoisotopic (exact) mass is 394 g/mol. The van der Waals surface area contributed by atoms with Gasteiger partial charge in [-0.3, -0.25) is 0 Å². The van der Waals surface area contributed by atoms with Gasteiger partial charge in [-0.2, -0.15) is 0 Å². The van der Waals surface area contributed by atoms with E-state index in [0.29, 0.717) is 15.7 Å². The molecule has 0 unspecified atom stereocenters. The molecule has 1 fully saturated rings. The highest BCUT2D eigenvalue weighted by Crippen LogP contribution is 2.36. The van der Waals surface area contributed by atoms with Crippen LogP contribution in [0.15, 0.2) is 22.2 Å². The van der Waals surface area contributed by atoms with Crippen LogP contribution < -0.4 is 16.4 Å². The number of aromatic nitrogens is 3. The third-order valence-corrected chi connectivity index (χ3v) is 6.17. The Kier molecular flexibility index (Phi) is 5.57. The number of aliphatic hydroxyl groups excluding tert-OH is 1. The van der Waals surface area contributed by atoms with E-state index in [9.17, 15) is 5.11 Å². The maximum atomic E-state index is 9.81. The Morgan fingerprint density at radius 3 is 2.69 bits per heavy atom. The van der Waals surface area contributed by atoms with Crippen molar-refractivity contribution in [2.75, 3.05) is 23.7 Å². The lowest BCUT2D eigenvalue weighted by atomic mass is 9.91. The van der Waals surface area contributed by atoms with Crippen molar-refractivity contribution in [1.82, 2.24) is 15.0 Å². The van der Waals surface area contributed by atoms with E-state index >= 15 is 0 Å². The highest BCUT2D eigenvalue weighted by Gasteiger charge is 2.28. The topological polar surface area (TPSA) is 114 Å². The summed E-state index contributed by atoms with van der Waals surface area (Å²) in [7, 11) is 0. The molecule has 1 saturated heterocycles. The molecule has 140 valence electrons. The first-order valence-corrected chi connectivity index (χ1v) is 9.60. The molecular weight excluding hydrogens is 372 g/mol. The van der Waals surface area contributed by atoms with Crippen LogP contribution in [-0.4, -0.2) is 38.7 Å². The first-order chi connectivity index (χ1) is 12.3. The zero-order valence-electron chi connectivity index (χ0n) is 14.9. The molecule has 0 atom stereocenters. The number of halogens is 1. The van der Waals surface area contributed by atoms with Gasteiger partial charge in [-0.05, 0) is 32.8 Å². The maximum absolute atomic E-state index is 9.81. The normalized spacial score (nSPS) is 16.7. The Bertz CT molecular complexity index is 806. The number of nitrogen functional groups attached to an aromatic ring is 1. The fourth-order valence-corrected chi connectivity index (χ4v) is 3.94. The molecule has 0 spiro atoms. The Labute approximate surface area is 162 Å². The lowest BCUT2D eigenvalue weighted by Gasteiger charge is -2.38. The van der Waals surface area contributed by atoms with Crippen molar-refractivity contribution < 1.29 is 5.11 Å². The summed E-state index contributed by atoms with van der Waals surface area (Å²) in [5.74, 6) is 1.00. The van der Waals surface area contributed by atoms with Crippen molar-refractivity contribution in [1.29, 1.82) is 0 Å². The third-order valence-electron chi connectivity index (χ3n) is 4.52. The smallest absolute Gasteiger partial charge is 0.153 e. The van der Waals surface area contributed by atoms with Crippen LogP contribution in [0.3, 0.4) is 0 Å². The molecule has 9 heteroatoms. The van der Waals surface area contributed by atoms with E-state index in [-0.39, 0.29) is 18.0 Å². The number of aryl methyl sites for hydroxylation is 1. The van der Waals surface area contributed by atoms with Gasteiger partial charge < -0.3 is 21.5 Å². The summed E-state index contributed by atoms with van der Waals surface area (Å²) >= 11 is 7.59. The fourth-order valence-electron chi connectivity index (χ4n) is 2.83. The van der Waals surface area contributed by atoms with Crippen LogP contribution in [0.5, 0.6) is 0 Å². The molecule has 0 radical (unpaired) electrons. The second-order valence-electron chi connectivity index (χ2n) is 6.79. The summed E-state index contributed by atoms with van der Waals surface area (Å²) in [6.07, 6.45) is 3.35. The summed E-state index contributed by atoms with van der Waals surface area (Å²) in [5.41, 5.74) is 13.2. The molecule has 2 aromatic rings. The molecule has 3 rings (SSSR count). The van der Waals surface area contributed by atoms with Gasteiger partial charge in [-0.1, -0.05) is 23.4 Å². The van der Waals surface area contributed by atoms with Crippen molar-refractivity contribution in [2.45, 2.75) is 48.8 Å². The molecule has 0 saturated carbocycles. The predicted octanol–water partition coefficient (Wildman–Crippen LogP) is 2.38. The predicted molar refractivity (Wildman–Crippen MR) is 105 cm³/mol. The number of rotatable bonds is 4. The summed E-state index contributed by atoms with van der Waals surface area (Å²) in [6, 6.07) is 1.78. The fraction of sp³-hybridized carbons (Fsp3) is 0.471. The second kappa shape index (κ2) is 7.56.